The first-order valence-corrected chi connectivity index (χ1v) is 21.8. The number of carbonyl (C=O) groups excluding carboxylic acids is 12. The number of ether oxygens (including phenoxy) is 1. The van der Waals surface area contributed by atoms with Crippen LogP contribution in [0.2, 0.25) is 0 Å². The van der Waals surface area contributed by atoms with Crippen molar-refractivity contribution in [3.63, 3.8) is 0 Å². The molecule has 0 radical (unpaired) electrons. The van der Waals surface area contributed by atoms with Crippen LogP contribution >= 0.6 is 0 Å². The van der Waals surface area contributed by atoms with Gasteiger partial charge in [0.05, 0.1) is 32.7 Å². The standard InChI is InChI=1S/C41H63N13O17/c1-21(48-36(64)25(11-13-30(44)58)54-41(70)71-20-22-7-3-2-4-8-22)34(62)50-23(9-5-6-14-42)37(65)53-28(19-56)39(67)51-24(10-12-29(43)57)35(63)47-16-32(60)46-17-33(61)49-27(18-55)38(66)52-26(40(68)69)15-31(45)59/h2-4,7-8,21,23-28,55-56H,5-6,9-20,42H2,1H3,(H2,43,57)(H2,44,58)(H2,45,59)(H,46,60)(H,47,63)(H,48,64)(H,49,61)(H,50,62)(H,51,67)(H,52,66)(H,53,65)(H,54,70)(H,68,69). The zero-order chi connectivity index (χ0) is 53.6. The molecular weight excluding hydrogens is 947 g/mol. The van der Waals surface area contributed by atoms with Crippen LogP contribution in [0.1, 0.15) is 63.9 Å². The fourth-order valence-corrected chi connectivity index (χ4v) is 5.84. The number of aliphatic hydroxyl groups excluding tert-OH is 2. The molecule has 0 saturated carbocycles. The van der Waals surface area contributed by atoms with Crippen LogP contribution in [0, 0.1) is 0 Å². The molecule has 0 fully saturated rings. The van der Waals surface area contributed by atoms with Gasteiger partial charge in [0, 0.05) is 12.8 Å². The van der Waals surface area contributed by atoms with Gasteiger partial charge < -0.3 is 90.8 Å². The van der Waals surface area contributed by atoms with Crippen molar-refractivity contribution in [2.75, 3.05) is 32.8 Å². The largest absolute Gasteiger partial charge is 0.480 e. The molecule has 0 heterocycles. The van der Waals surface area contributed by atoms with Gasteiger partial charge in [-0.2, -0.15) is 0 Å². The second kappa shape index (κ2) is 32.7. The number of carbonyl (C=O) groups is 13. The maximum Gasteiger partial charge on any atom is 0.408 e. The number of hydrogen-bond acceptors (Lipinski definition) is 17. The fourth-order valence-electron chi connectivity index (χ4n) is 5.84. The first-order chi connectivity index (χ1) is 33.5. The van der Waals surface area contributed by atoms with Gasteiger partial charge in [-0.3, -0.25) is 52.7 Å². The highest BCUT2D eigenvalue weighted by atomic mass is 16.5. The second-order valence-corrected chi connectivity index (χ2v) is 15.5. The van der Waals surface area contributed by atoms with Crippen molar-refractivity contribution in [2.45, 2.75) is 107 Å². The highest BCUT2D eigenvalue weighted by molar-refractivity contribution is 5.97. The van der Waals surface area contributed by atoms with Gasteiger partial charge in [0.1, 0.15) is 48.9 Å². The molecule has 0 saturated heterocycles. The number of unbranched alkanes of at least 4 members (excludes halogenated alkanes) is 1. The summed E-state index contributed by atoms with van der Waals surface area (Å²) in [6, 6.07) is -2.52. The molecule has 0 bridgehead atoms. The van der Waals surface area contributed by atoms with Gasteiger partial charge in [-0.1, -0.05) is 30.3 Å². The Bertz CT molecular complexity index is 2040. The molecule has 1 rings (SSSR count). The number of carboxylic acids is 1. The molecule has 12 amide bonds. The lowest BCUT2D eigenvalue weighted by atomic mass is 10.1. The van der Waals surface area contributed by atoms with Gasteiger partial charge in [-0.25, -0.2) is 9.59 Å². The maximum absolute atomic E-state index is 13.5. The van der Waals surface area contributed by atoms with Crippen molar-refractivity contribution >= 4 is 77.0 Å². The molecule has 1 aromatic rings. The minimum atomic E-state index is -1.79. The summed E-state index contributed by atoms with van der Waals surface area (Å²) in [5.74, 6) is -12.8. The Hall–Kier alpha value is -7.99. The Balaban J connectivity index is 2.97. The van der Waals surface area contributed by atoms with Gasteiger partial charge in [0.15, 0.2) is 0 Å². The monoisotopic (exact) mass is 1010 g/mol. The number of hydrogen-bond donors (Lipinski definition) is 16. The van der Waals surface area contributed by atoms with Crippen LogP contribution in [0.25, 0.3) is 0 Å². The third kappa shape index (κ3) is 25.3. The van der Waals surface area contributed by atoms with E-state index in [0.29, 0.717) is 12.0 Å². The summed E-state index contributed by atoms with van der Waals surface area (Å²) in [6.45, 7) is -2.49. The van der Waals surface area contributed by atoms with E-state index in [1.54, 1.807) is 30.3 Å². The predicted molar refractivity (Wildman–Crippen MR) is 242 cm³/mol. The Morgan fingerprint density at radius 1 is 0.535 bits per heavy atom. The van der Waals surface area contributed by atoms with E-state index in [4.69, 9.17) is 32.8 Å². The number of amides is 12. The van der Waals surface area contributed by atoms with E-state index in [0.717, 1.165) is 0 Å². The van der Waals surface area contributed by atoms with Crippen molar-refractivity contribution < 1.29 is 82.4 Å². The lowest BCUT2D eigenvalue weighted by molar-refractivity contribution is -0.144. The minimum absolute atomic E-state index is 0.0679. The summed E-state index contributed by atoms with van der Waals surface area (Å²) < 4.78 is 5.15. The number of rotatable bonds is 34. The van der Waals surface area contributed by atoms with E-state index in [-0.39, 0.29) is 38.8 Å². The average molecular weight is 1010 g/mol. The van der Waals surface area contributed by atoms with Crippen molar-refractivity contribution in [1.82, 2.24) is 47.9 Å². The highest BCUT2D eigenvalue weighted by Crippen LogP contribution is 2.07. The number of nitrogens with two attached hydrogens (primary N) is 4. The van der Waals surface area contributed by atoms with Gasteiger partial charge in [-0.15, -0.1) is 0 Å². The Morgan fingerprint density at radius 2 is 1.01 bits per heavy atom. The summed E-state index contributed by atoms with van der Waals surface area (Å²) in [5, 5.41) is 48.6. The molecule has 30 heteroatoms. The van der Waals surface area contributed by atoms with Crippen LogP contribution in [0.3, 0.4) is 0 Å². The molecule has 7 atom stereocenters. The number of primary amides is 3. The molecule has 0 aromatic heterocycles. The summed E-state index contributed by atoms with van der Waals surface area (Å²) >= 11 is 0. The molecular formula is C41H63N13O17. The summed E-state index contributed by atoms with van der Waals surface area (Å²) in [5.41, 5.74) is 21.7. The number of carboxylic acid groups (broad SMARTS) is 1. The molecule has 0 spiro atoms. The van der Waals surface area contributed by atoms with E-state index in [1.807, 2.05) is 10.6 Å². The van der Waals surface area contributed by atoms with Crippen molar-refractivity contribution in [3.8, 4) is 0 Å². The zero-order valence-electron chi connectivity index (χ0n) is 38.7. The first kappa shape index (κ1) is 61.0. The number of aliphatic carboxylic acids is 1. The molecule has 20 N–H and O–H groups in total. The van der Waals surface area contributed by atoms with Crippen LogP contribution < -0.4 is 70.8 Å². The zero-order valence-corrected chi connectivity index (χ0v) is 38.7. The summed E-state index contributed by atoms with van der Waals surface area (Å²) in [6.07, 6.45) is -2.78. The number of aliphatic hydroxyl groups is 2. The van der Waals surface area contributed by atoms with E-state index < -0.39 is 165 Å². The van der Waals surface area contributed by atoms with E-state index in [2.05, 4.69) is 37.2 Å². The van der Waals surface area contributed by atoms with E-state index in [9.17, 15) is 72.5 Å². The topological polar surface area (TPSA) is 504 Å². The molecule has 7 unspecified atom stereocenters. The molecule has 0 aliphatic rings. The lowest BCUT2D eigenvalue weighted by Gasteiger charge is -2.25. The SMILES string of the molecule is CC(NC(=O)C(CCC(N)=O)NC(=O)OCc1ccccc1)C(=O)NC(CCCCN)C(=O)NC(CO)C(=O)NC(CCC(N)=O)C(=O)NCC(=O)NCC(=O)NC(CO)C(=O)NC(CC(N)=O)C(=O)O. The Morgan fingerprint density at radius 3 is 1.55 bits per heavy atom. The Labute approximate surface area is 405 Å². The van der Waals surface area contributed by atoms with Crippen molar-refractivity contribution in [1.29, 1.82) is 0 Å². The minimum Gasteiger partial charge on any atom is -0.480 e. The highest BCUT2D eigenvalue weighted by Gasteiger charge is 2.32. The lowest BCUT2D eigenvalue weighted by Crippen LogP contribution is -2.59. The van der Waals surface area contributed by atoms with Crippen LogP contribution in [0.15, 0.2) is 30.3 Å². The van der Waals surface area contributed by atoms with Gasteiger partial charge >= 0.3 is 12.1 Å². The smallest absolute Gasteiger partial charge is 0.408 e. The van der Waals surface area contributed by atoms with Crippen molar-refractivity contribution in [3.05, 3.63) is 35.9 Å². The molecule has 0 aliphatic heterocycles. The van der Waals surface area contributed by atoms with Gasteiger partial charge in [0.25, 0.3) is 0 Å². The third-order valence-corrected chi connectivity index (χ3v) is 9.68. The van der Waals surface area contributed by atoms with E-state index >= 15 is 0 Å². The normalized spacial score (nSPS) is 13.6. The maximum atomic E-state index is 13.5. The first-order valence-electron chi connectivity index (χ1n) is 21.8. The molecule has 0 aliphatic carbocycles. The fraction of sp³-hybridized carbons (Fsp3) is 0.537. The van der Waals surface area contributed by atoms with Crippen LogP contribution in [0.4, 0.5) is 4.79 Å². The number of nitrogens with one attached hydrogen (secondary N) is 9. The second-order valence-electron chi connectivity index (χ2n) is 15.5. The van der Waals surface area contributed by atoms with E-state index in [1.165, 1.54) is 6.92 Å². The van der Waals surface area contributed by atoms with Crippen LogP contribution in [-0.4, -0.2) is 168 Å². The number of alkyl carbamates (subject to hydrolysis) is 1. The Kier molecular flexibility index (Phi) is 28.1. The molecule has 394 valence electrons. The average Bonchev–Trinajstić information content (AvgIpc) is 3.31. The molecule has 30 nitrogen and oxygen atoms in total. The summed E-state index contributed by atoms with van der Waals surface area (Å²) in [4.78, 5) is 162. The number of benzene rings is 1. The summed E-state index contributed by atoms with van der Waals surface area (Å²) in [7, 11) is 0. The van der Waals surface area contributed by atoms with Crippen LogP contribution in [0.5, 0.6) is 0 Å². The van der Waals surface area contributed by atoms with Gasteiger partial charge in [0.2, 0.25) is 65.0 Å². The molecule has 1 aromatic carbocycles. The van der Waals surface area contributed by atoms with Crippen LogP contribution in [-0.2, 0) is 68.9 Å². The predicted octanol–water partition coefficient (Wildman–Crippen LogP) is -7.95. The van der Waals surface area contributed by atoms with Gasteiger partial charge in [-0.05, 0) is 51.1 Å². The van der Waals surface area contributed by atoms with Crippen molar-refractivity contribution in [2.24, 2.45) is 22.9 Å². The third-order valence-electron chi connectivity index (χ3n) is 9.68. The molecule has 71 heavy (non-hydrogen) atoms. The quantitative estimate of drug-likeness (QED) is 0.0285.